The lowest BCUT2D eigenvalue weighted by atomic mass is 10.7. The molecular formula is C3H8O5S2. The first kappa shape index (κ1) is 12.4. The number of aliphatic hydroxyl groups is 1. The molecule has 3 N–H and O–H groups in total. The molecule has 0 aliphatic carbocycles. The van der Waals surface area contributed by atoms with Gasteiger partial charge in [-0.2, -0.15) is 21.0 Å². The summed E-state index contributed by atoms with van der Waals surface area (Å²) >= 11 is 3.67. The normalized spacial score (nSPS) is 9.50. The molecule has 0 heterocycles. The van der Waals surface area contributed by atoms with E-state index in [1.165, 1.54) is 0 Å². The largest absolute Gasteiger partial charge is 0.512 e. The van der Waals surface area contributed by atoms with Gasteiger partial charge < -0.3 is 5.11 Å². The Labute approximate surface area is 64.4 Å². The molecule has 0 rings (SSSR count). The second-order valence-corrected chi connectivity index (χ2v) is 2.38. The zero-order valence-corrected chi connectivity index (χ0v) is 6.64. The second kappa shape index (κ2) is 5.54. The van der Waals surface area contributed by atoms with Gasteiger partial charge in [-0.3, -0.25) is 9.11 Å². The number of thiol groups is 1. The predicted octanol–water partition coefficient (Wildman–Crippen LogP) is 0.335. The summed E-state index contributed by atoms with van der Waals surface area (Å²) < 4.78 is 31.6. The van der Waals surface area contributed by atoms with Crippen LogP contribution in [-0.4, -0.2) is 28.4 Å². The van der Waals surface area contributed by atoms with Crippen molar-refractivity contribution in [2.45, 2.75) is 0 Å². The molecule has 0 aromatic carbocycles. The zero-order chi connectivity index (χ0) is 8.78. The van der Waals surface area contributed by atoms with Crippen molar-refractivity contribution >= 4 is 23.0 Å². The lowest BCUT2D eigenvalue weighted by Crippen LogP contribution is -1.89. The first-order valence-electron chi connectivity index (χ1n) is 1.95. The van der Waals surface area contributed by atoms with Crippen LogP contribution < -0.4 is 0 Å². The van der Waals surface area contributed by atoms with Gasteiger partial charge in [-0.05, 0) is 0 Å². The van der Waals surface area contributed by atoms with Crippen LogP contribution in [0, 0.1) is 0 Å². The van der Waals surface area contributed by atoms with Crippen molar-refractivity contribution < 1.29 is 22.6 Å². The average molecular weight is 188 g/mol. The van der Waals surface area contributed by atoms with E-state index in [0.29, 0.717) is 5.75 Å². The summed E-state index contributed by atoms with van der Waals surface area (Å²) in [4.78, 5) is 0. The quantitative estimate of drug-likeness (QED) is 0.270. The molecule has 0 aliphatic rings. The molecule has 0 aromatic heterocycles. The fourth-order valence-electron chi connectivity index (χ4n) is 0. The minimum atomic E-state index is -4.67. The van der Waals surface area contributed by atoms with Crippen LogP contribution in [0.25, 0.3) is 0 Å². The maximum atomic E-state index is 8.74. The van der Waals surface area contributed by atoms with E-state index >= 15 is 0 Å². The van der Waals surface area contributed by atoms with Crippen LogP contribution >= 0.6 is 12.6 Å². The molecule has 0 spiro atoms. The van der Waals surface area contributed by atoms with Crippen molar-refractivity contribution in [2.24, 2.45) is 0 Å². The van der Waals surface area contributed by atoms with Crippen molar-refractivity contribution in [3.05, 3.63) is 12.3 Å². The highest BCUT2D eigenvalue weighted by Gasteiger charge is 1.84. The van der Waals surface area contributed by atoms with Crippen molar-refractivity contribution in [1.29, 1.82) is 0 Å². The SMILES string of the molecule is C=C(O)CS.O=S(=O)(O)O. The highest BCUT2D eigenvalue weighted by atomic mass is 32.3. The van der Waals surface area contributed by atoms with Crippen molar-refractivity contribution in [2.75, 3.05) is 5.75 Å². The standard InChI is InChI=1S/C3H6OS.H2O4S/c1-3(4)2-5;1-5(2,3)4/h4-5H,1-2H2;(H2,1,2,3,4). The number of aliphatic hydroxyl groups excluding tert-OH is 1. The molecule has 0 fully saturated rings. The Morgan fingerprint density at radius 3 is 1.60 bits per heavy atom. The van der Waals surface area contributed by atoms with Crippen LogP contribution in [0.2, 0.25) is 0 Å². The molecule has 0 radical (unpaired) electrons. The maximum absolute atomic E-state index is 8.74. The Balaban J connectivity index is 0. The smallest absolute Gasteiger partial charge is 0.394 e. The molecule has 0 saturated heterocycles. The minimum absolute atomic E-state index is 0.119. The van der Waals surface area contributed by atoms with Gasteiger partial charge in [0.25, 0.3) is 0 Å². The van der Waals surface area contributed by atoms with Gasteiger partial charge in [0.2, 0.25) is 0 Å². The van der Waals surface area contributed by atoms with Gasteiger partial charge in [0, 0.05) is 5.75 Å². The lowest BCUT2D eigenvalue weighted by Gasteiger charge is -1.79. The third-order valence-corrected chi connectivity index (χ3v) is 0.548. The summed E-state index contributed by atoms with van der Waals surface area (Å²) in [5.41, 5.74) is 0. The third-order valence-electron chi connectivity index (χ3n) is 0.183. The van der Waals surface area contributed by atoms with E-state index in [9.17, 15) is 0 Å². The van der Waals surface area contributed by atoms with E-state index in [-0.39, 0.29) is 5.76 Å². The zero-order valence-electron chi connectivity index (χ0n) is 4.93. The van der Waals surface area contributed by atoms with Gasteiger partial charge in [0.05, 0.1) is 5.76 Å². The van der Waals surface area contributed by atoms with Crippen LogP contribution in [0.3, 0.4) is 0 Å². The fourth-order valence-corrected chi connectivity index (χ4v) is 0. The monoisotopic (exact) mass is 188 g/mol. The van der Waals surface area contributed by atoms with Crippen molar-refractivity contribution in [3.63, 3.8) is 0 Å². The summed E-state index contributed by atoms with van der Waals surface area (Å²) in [6, 6.07) is 0. The summed E-state index contributed by atoms with van der Waals surface area (Å²) in [5.74, 6) is 0.480. The van der Waals surface area contributed by atoms with Gasteiger partial charge >= 0.3 is 10.4 Å². The Kier molecular flexibility index (Phi) is 6.89. The highest BCUT2D eigenvalue weighted by molar-refractivity contribution is 7.80. The van der Waals surface area contributed by atoms with Gasteiger partial charge in [-0.1, -0.05) is 6.58 Å². The van der Waals surface area contributed by atoms with Crippen LogP contribution in [0.1, 0.15) is 0 Å². The first-order chi connectivity index (χ1) is 4.27. The molecule has 0 unspecified atom stereocenters. The third kappa shape index (κ3) is 114. The maximum Gasteiger partial charge on any atom is 0.394 e. The predicted molar refractivity (Wildman–Crippen MR) is 39.8 cm³/mol. The van der Waals surface area contributed by atoms with Crippen LogP contribution in [0.5, 0.6) is 0 Å². The molecule has 0 atom stereocenters. The molecule has 10 heavy (non-hydrogen) atoms. The number of hydrogen-bond acceptors (Lipinski definition) is 4. The Hall–Kier alpha value is -0.240. The minimum Gasteiger partial charge on any atom is -0.512 e. The molecule has 7 heteroatoms. The first-order valence-corrected chi connectivity index (χ1v) is 3.97. The van der Waals surface area contributed by atoms with E-state index < -0.39 is 10.4 Å². The molecule has 0 bridgehead atoms. The van der Waals surface area contributed by atoms with E-state index in [2.05, 4.69) is 19.2 Å². The summed E-state index contributed by atoms with van der Waals surface area (Å²) in [7, 11) is -4.67. The van der Waals surface area contributed by atoms with Crippen molar-refractivity contribution in [3.8, 4) is 0 Å². The molecule has 0 aromatic rings. The fraction of sp³-hybridized carbons (Fsp3) is 0.333. The second-order valence-electron chi connectivity index (χ2n) is 1.17. The van der Waals surface area contributed by atoms with E-state index in [0.717, 1.165) is 0 Å². The molecule has 0 amide bonds. The van der Waals surface area contributed by atoms with Gasteiger partial charge in [0.15, 0.2) is 0 Å². The Morgan fingerprint density at radius 1 is 1.50 bits per heavy atom. The summed E-state index contributed by atoms with van der Waals surface area (Å²) in [6.07, 6.45) is 0. The molecule has 0 saturated carbocycles. The highest BCUT2D eigenvalue weighted by Crippen LogP contribution is 1.81. The van der Waals surface area contributed by atoms with Crippen LogP contribution in [-0.2, 0) is 10.4 Å². The van der Waals surface area contributed by atoms with Crippen LogP contribution in [0.4, 0.5) is 0 Å². The van der Waals surface area contributed by atoms with Crippen LogP contribution in [0.15, 0.2) is 12.3 Å². The van der Waals surface area contributed by atoms with Crippen molar-refractivity contribution in [1.82, 2.24) is 0 Å². The van der Waals surface area contributed by atoms with Gasteiger partial charge in [-0.25, -0.2) is 0 Å². The van der Waals surface area contributed by atoms with Gasteiger partial charge in [-0.15, -0.1) is 0 Å². The van der Waals surface area contributed by atoms with E-state index in [1.807, 2.05) is 0 Å². The summed E-state index contributed by atoms with van der Waals surface area (Å²) in [5, 5.41) is 8.09. The topological polar surface area (TPSA) is 94.8 Å². The number of rotatable bonds is 1. The van der Waals surface area contributed by atoms with E-state index in [1.54, 1.807) is 0 Å². The summed E-state index contributed by atoms with van der Waals surface area (Å²) in [6.45, 7) is 3.15. The molecule has 62 valence electrons. The molecule has 0 aliphatic heterocycles. The Bertz CT molecular complexity index is 173. The Morgan fingerprint density at radius 2 is 1.60 bits per heavy atom. The average Bonchev–Trinajstić information content (AvgIpc) is 1.61. The molecule has 5 nitrogen and oxygen atoms in total. The van der Waals surface area contributed by atoms with E-state index in [4.69, 9.17) is 22.6 Å². The number of hydrogen-bond donors (Lipinski definition) is 4. The molecular weight excluding hydrogens is 180 g/mol. The lowest BCUT2D eigenvalue weighted by molar-refractivity contribution is 0.381. The van der Waals surface area contributed by atoms with Gasteiger partial charge in [0.1, 0.15) is 0 Å².